The van der Waals surface area contributed by atoms with E-state index in [4.69, 9.17) is 9.47 Å². The second-order valence-corrected chi connectivity index (χ2v) is 5.93. The van der Waals surface area contributed by atoms with Crippen molar-refractivity contribution in [1.82, 2.24) is 14.8 Å². The summed E-state index contributed by atoms with van der Waals surface area (Å²) in [5, 5.41) is 6.92. The van der Waals surface area contributed by atoms with Crippen molar-refractivity contribution >= 4 is 27.5 Å². The quantitative estimate of drug-likeness (QED) is 0.685. The molecule has 0 atom stereocenters. The smallest absolute Gasteiger partial charge is 0.262 e. The van der Waals surface area contributed by atoms with Crippen molar-refractivity contribution in [1.29, 1.82) is 0 Å². The van der Waals surface area contributed by atoms with Crippen molar-refractivity contribution in [2.75, 3.05) is 19.0 Å². The molecule has 1 amide bonds. The van der Waals surface area contributed by atoms with E-state index in [2.05, 4.69) is 31.3 Å². The number of carbonyl (C=O) groups excluding carboxylic acids is 1. The van der Waals surface area contributed by atoms with Gasteiger partial charge in [-0.15, -0.1) is 0 Å². The first-order valence-electron chi connectivity index (χ1n) is 7.37. The van der Waals surface area contributed by atoms with Crippen molar-refractivity contribution < 1.29 is 14.3 Å². The van der Waals surface area contributed by atoms with Gasteiger partial charge in [0.1, 0.15) is 24.2 Å². The summed E-state index contributed by atoms with van der Waals surface area (Å²) >= 11 is 3.40. The third kappa shape index (κ3) is 4.36. The summed E-state index contributed by atoms with van der Waals surface area (Å²) in [6, 6.07) is 12.5. The lowest BCUT2D eigenvalue weighted by Gasteiger charge is -2.12. The lowest BCUT2D eigenvalue weighted by molar-refractivity contribution is -0.118. The van der Waals surface area contributed by atoms with Crippen molar-refractivity contribution in [3.63, 3.8) is 0 Å². The molecule has 1 heterocycles. The zero-order valence-corrected chi connectivity index (χ0v) is 14.9. The Bertz CT molecular complexity index is 851. The Labute approximate surface area is 152 Å². The van der Waals surface area contributed by atoms with Gasteiger partial charge in [-0.3, -0.25) is 4.79 Å². The Balaban J connectivity index is 1.67. The number of amides is 1. The molecule has 0 radical (unpaired) electrons. The van der Waals surface area contributed by atoms with E-state index in [9.17, 15) is 4.79 Å². The van der Waals surface area contributed by atoms with Gasteiger partial charge >= 0.3 is 0 Å². The number of carbonyl (C=O) groups is 1. The molecule has 0 aliphatic rings. The predicted octanol–water partition coefficient (Wildman–Crippen LogP) is 3.06. The van der Waals surface area contributed by atoms with Crippen molar-refractivity contribution in [3.8, 4) is 17.2 Å². The van der Waals surface area contributed by atoms with Crippen LogP contribution >= 0.6 is 15.9 Å². The number of halogens is 1. The average molecular weight is 403 g/mol. The van der Waals surface area contributed by atoms with E-state index in [1.807, 2.05) is 12.1 Å². The summed E-state index contributed by atoms with van der Waals surface area (Å²) in [6.07, 6.45) is 2.99. The summed E-state index contributed by atoms with van der Waals surface area (Å²) in [4.78, 5) is 16.1. The second kappa shape index (κ2) is 7.80. The van der Waals surface area contributed by atoms with E-state index in [0.29, 0.717) is 17.1 Å². The first-order chi connectivity index (χ1) is 12.2. The molecule has 0 saturated heterocycles. The lowest BCUT2D eigenvalue weighted by Crippen LogP contribution is -2.21. The average Bonchev–Trinajstić information content (AvgIpc) is 3.15. The van der Waals surface area contributed by atoms with Gasteiger partial charge in [-0.05, 0) is 42.5 Å². The number of nitrogens with one attached hydrogen (secondary N) is 1. The molecule has 0 aliphatic carbocycles. The normalized spacial score (nSPS) is 10.3. The highest BCUT2D eigenvalue weighted by atomic mass is 79.9. The molecule has 3 rings (SSSR count). The van der Waals surface area contributed by atoms with Gasteiger partial charge in [0.05, 0.1) is 18.5 Å². The lowest BCUT2D eigenvalue weighted by atomic mass is 10.2. The van der Waals surface area contributed by atoms with Crippen molar-refractivity contribution in [3.05, 3.63) is 59.6 Å². The third-order valence-electron chi connectivity index (χ3n) is 3.33. The number of methoxy groups -OCH3 is 1. The minimum atomic E-state index is -0.282. The Kier molecular flexibility index (Phi) is 5.30. The van der Waals surface area contributed by atoms with Gasteiger partial charge < -0.3 is 14.8 Å². The molecule has 1 aromatic heterocycles. The number of aromatic nitrogens is 3. The minimum Gasteiger partial charge on any atom is -0.497 e. The second-order valence-electron chi connectivity index (χ2n) is 5.01. The van der Waals surface area contributed by atoms with Crippen LogP contribution in [0.15, 0.2) is 59.6 Å². The van der Waals surface area contributed by atoms with Crippen molar-refractivity contribution in [2.45, 2.75) is 0 Å². The summed E-state index contributed by atoms with van der Waals surface area (Å²) in [5.41, 5.74) is 1.31. The van der Waals surface area contributed by atoms with Gasteiger partial charge in [0.25, 0.3) is 5.91 Å². The van der Waals surface area contributed by atoms with Crippen LogP contribution in [0.1, 0.15) is 0 Å². The molecular weight excluding hydrogens is 388 g/mol. The maximum Gasteiger partial charge on any atom is 0.262 e. The van der Waals surface area contributed by atoms with Crippen LogP contribution in [0.3, 0.4) is 0 Å². The predicted molar refractivity (Wildman–Crippen MR) is 96.2 cm³/mol. The largest absolute Gasteiger partial charge is 0.497 e. The molecule has 8 heteroatoms. The van der Waals surface area contributed by atoms with E-state index in [-0.39, 0.29) is 12.5 Å². The highest BCUT2D eigenvalue weighted by Gasteiger charge is 2.10. The monoisotopic (exact) mass is 402 g/mol. The van der Waals surface area contributed by atoms with Crippen LogP contribution in [0.5, 0.6) is 11.5 Å². The first-order valence-corrected chi connectivity index (χ1v) is 8.16. The van der Waals surface area contributed by atoms with Crippen LogP contribution in [0, 0.1) is 0 Å². The van der Waals surface area contributed by atoms with Gasteiger partial charge in [-0.1, -0.05) is 15.9 Å². The highest BCUT2D eigenvalue weighted by molar-refractivity contribution is 9.10. The fourth-order valence-electron chi connectivity index (χ4n) is 2.15. The van der Waals surface area contributed by atoms with E-state index < -0.39 is 0 Å². The molecule has 3 aromatic rings. The number of hydrogen-bond acceptors (Lipinski definition) is 5. The molecule has 25 heavy (non-hydrogen) atoms. The third-order valence-corrected chi connectivity index (χ3v) is 3.82. The number of rotatable bonds is 6. The molecule has 0 spiro atoms. The number of ether oxygens (including phenoxy) is 2. The highest BCUT2D eigenvalue weighted by Crippen LogP contribution is 2.24. The number of benzene rings is 2. The van der Waals surface area contributed by atoms with Crippen LogP contribution in [-0.2, 0) is 4.79 Å². The Hall–Kier alpha value is -2.87. The fraction of sp³-hybridized carbons (Fsp3) is 0.118. The Morgan fingerprint density at radius 1 is 1.20 bits per heavy atom. The molecular formula is C17H15BrN4O3. The maximum atomic E-state index is 12.2. The van der Waals surface area contributed by atoms with E-state index in [1.165, 1.54) is 6.33 Å². The SMILES string of the molecule is COc1ccc(OCC(=O)Nc2cc(Br)ccc2-n2cncn2)cc1. The molecule has 0 aliphatic heterocycles. The molecule has 0 unspecified atom stereocenters. The van der Waals surface area contributed by atoms with Gasteiger partial charge in [-0.2, -0.15) is 5.10 Å². The zero-order chi connectivity index (χ0) is 17.6. The van der Waals surface area contributed by atoms with Crippen molar-refractivity contribution in [2.24, 2.45) is 0 Å². The van der Waals surface area contributed by atoms with Gasteiger partial charge in [0.15, 0.2) is 6.61 Å². The number of nitrogens with zero attached hydrogens (tertiary/aromatic N) is 3. The molecule has 128 valence electrons. The fourth-order valence-corrected chi connectivity index (χ4v) is 2.51. The van der Waals surface area contributed by atoms with E-state index >= 15 is 0 Å². The van der Waals surface area contributed by atoms with Gasteiger partial charge in [0.2, 0.25) is 0 Å². The maximum absolute atomic E-state index is 12.2. The van der Waals surface area contributed by atoms with Crippen LogP contribution in [0.2, 0.25) is 0 Å². The van der Waals surface area contributed by atoms with E-state index in [0.717, 1.165) is 10.2 Å². The topological polar surface area (TPSA) is 78.3 Å². The molecule has 7 nitrogen and oxygen atoms in total. The van der Waals surface area contributed by atoms with Crippen LogP contribution in [0.25, 0.3) is 5.69 Å². The molecule has 1 N–H and O–H groups in total. The first kappa shape index (κ1) is 17.0. The number of anilines is 1. The molecule has 0 bridgehead atoms. The van der Waals surface area contributed by atoms with Crippen LogP contribution in [-0.4, -0.2) is 34.4 Å². The summed E-state index contributed by atoms with van der Waals surface area (Å²) < 4.78 is 13.0. The molecule has 0 saturated carbocycles. The Morgan fingerprint density at radius 2 is 1.96 bits per heavy atom. The summed E-state index contributed by atoms with van der Waals surface area (Å²) in [7, 11) is 1.59. The van der Waals surface area contributed by atoms with Crippen LogP contribution < -0.4 is 14.8 Å². The Morgan fingerprint density at radius 3 is 2.64 bits per heavy atom. The summed E-state index contributed by atoms with van der Waals surface area (Å²) in [5.74, 6) is 1.03. The van der Waals surface area contributed by atoms with Crippen LogP contribution in [0.4, 0.5) is 5.69 Å². The van der Waals surface area contributed by atoms with Gasteiger partial charge in [0, 0.05) is 4.47 Å². The van der Waals surface area contributed by atoms with Gasteiger partial charge in [-0.25, -0.2) is 9.67 Å². The molecule has 2 aromatic carbocycles. The minimum absolute atomic E-state index is 0.115. The van der Waals surface area contributed by atoms with E-state index in [1.54, 1.807) is 48.5 Å². The molecule has 0 fully saturated rings. The zero-order valence-electron chi connectivity index (χ0n) is 13.3. The number of hydrogen-bond donors (Lipinski definition) is 1. The standard InChI is InChI=1S/C17H15BrN4O3/c1-24-13-3-5-14(6-4-13)25-9-17(23)21-15-8-12(18)2-7-16(15)22-11-19-10-20-22/h2-8,10-11H,9H2,1H3,(H,21,23). The summed E-state index contributed by atoms with van der Waals surface area (Å²) in [6.45, 7) is -0.115.